The molecule has 0 fully saturated rings. The number of aryl methyl sites for hydroxylation is 1. The zero-order valence-corrected chi connectivity index (χ0v) is 12.2. The molecule has 0 aliphatic carbocycles. The van der Waals surface area contributed by atoms with Crippen LogP contribution in [0.25, 0.3) is 0 Å². The predicted octanol–water partition coefficient (Wildman–Crippen LogP) is 4.06. The third kappa shape index (κ3) is 2.81. The van der Waals surface area contributed by atoms with E-state index in [1.165, 1.54) is 0 Å². The van der Waals surface area contributed by atoms with Gasteiger partial charge >= 0.3 is 0 Å². The van der Waals surface area contributed by atoms with E-state index in [2.05, 4.69) is 27.4 Å². The summed E-state index contributed by atoms with van der Waals surface area (Å²) in [4.78, 5) is 12.1. The summed E-state index contributed by atoms with van der Waals surface area (Å²) >= 11 is 0. The summed E-state index contributed by atoms with van der Waals surface area (Å²) in [7, 11) is 1.66. The first-order valence-electron chi connectivity index (χ1n) is 6.07. The SMILES string of the molecule is C=C(C)C(=O)c1cc(C(C)(C)C)c(OC)cc1C. The molecule has 18 heavy (non-hydrogen) atoms. The molecular weight excluding hydrogens is 224 g/mol. The molecule has 98 valence electrons. The van der Waals surface area contributed by atoms with Crippen LogP contribution < -0.4 is 4.74 Å². The number of hydrogen-bond acceptors (Lipinski definition) is 2. The molecule has 2 heteroatoms. The molecule has 0 atom stereocenters. The van der Waals surface area contributed by atoms with Gasteiger partial charge < -0.3 is 4.74 Å². The molecule has 0 aliphatic rings. The van der Waals surface area contributed by atoms with Crippen molar-refractivity contribution in [2.24, 2.45) is 0 Å². The molecule has 0 heterocycles. The van der Waals surface area contributed by atoms with E-state index in [0.29, 0.717) is 11.1 Å². The fourth-order valence-electron chi connectivity index (χ4n) is 1.91. The molecular formula is C16H22O2. The highest BCUT2D eigenvalue weighted by Gasteiger charge is 2.22. The number of allylic oxidation sites excluding steroid dienone is 1. The zero-order valence-electron chi connectivity index (χ0n) is 12.2. The van der Waals surface area contributed by atoms with Crippen molar-refractivity contribution < 1.29 is 9.53 Å². The second-order valence-corrected chi connectivity index (χ2v) is 5.73. The maximum atomic E-state index is 12.1. The smallest absolute Gasteiger partial charge is 0.188 e. The van der Waals surface area contributed by atoms with Crippen molar-refractivity contribution >= 4 is 5.78 Å². The molecule has 0 radical (unpaired) electrons. The minimum absolute atomic E-state index is 0.000605. The van der Waals surface area contributed by atoms with Crippen molar-refractivity contribution in [2.45, 2.75) is 40.0 Å². The molecule has 0 aliphatic heterocycles. The number of rotatable bonds is 3. The first kappa shape index (κ1) is 14.5. The van der Waals surface area contributed by atoms with Crippen LogP contribution in [0.5, 0.6) is 5.75 Å². The van der Waals surface area contributed by atoms with Gasteiger partial charge in [0, 0.05) is 11.1 Å². The van der Waals surface area contributed by atoms with Crippen LogP contribution in [-0.2, 0) is 5.41 Å². The molecule has 0 N–H and O–H groups in total. The highest BCUT2D eigenvalue weighted by Crippen LogP contribution is 2.34. The number of carbonyl (C=O) groups is 1. The summed E-state index contributed by atoms with van der Waals surface area (Å²) in [6, 6.07) is 3.86. The first-order chi connectivity index (χ1) is 8.18. The lowest BCUT2D eigenvalue weighted by Gasteiger charge is -2.23. The van der Waals surface area contributed by atoms with E-state index >= 15 is 0 Å². The van der Waals surface area contributed by atoms with Crippen LogP contribution in [0.2, 0.25) is 0 Å². The van der Waals surface area contributed by atoms with Crippen molar-refractivity contribution in [3.8, 4) is 5.75 Å². The molecule has 0 bridgehead atoms. The summed E-state index contributed by atoms with van der Waals surface area (Å²) in [5, 5.41) is 0. The molecule has 0 unspecified atom stereocenters. The van der Waals surface area contributed by atoms with Crippen molar-refractivity contribution in [1.29, 1.82) is 0 Å². The lowest BCUT2D eigenvalue weighted by Crippen LogP contribution is -2.15. The standard InChI is InChI=1S/C16H22O2/c1-10(2)15(17)12-9-13(16(4,5)6)14(18-7)8-11(12)3/h8-9H,1H2,2-7H3. The number of hydrogen-bond donors (Lipinski definition) is 0. The van der Waals surface area contributed by atoms with Gasteiger partial charge in [0.1, 0.15) is 5.75 Å². The molecule has 0 saturated heterocycles. The van der Waals surface area contributed by atoms with Gasteiger partial charge in [-0.1, -0.05) is 27.4 Å². The normalized spacial score (nSPS) is 11.2. The second-order valence-electron chi connectivity index (χ2n) is 5.73. The van der Waals surface area contributed by atoms with Crippen LogP contribution in [0.3, 0.4) is 0 Å². The quantitative estimate of drug-likeness (QED) is 0.594. The maximum Gasteiger partial charge on any atom is 0.188 e. The minimum atomic E-state index is -0.0663. The molecule has 0 aromatic heterocycles. The Balaban J connectivity index is 3.49. The van der Waals surface area contributed by atoms with Crippen LogP contribution in [0.15, 0.2) is 24.3 Å². The highest BCUT2D eigenvalue weighted by atomic mass is 16.5. The number of methoxy groups -OCH3 is 1. The van der Waals surface area contributed by atoms with Crippen molar-refractivity contribution in [2.75, 3.05) is 7.11 Å². The van der Waals surface area contributed by atoms with E-state index in [1.807, 2.05) is 19.1 Å². The minimum Gasteiger partial charge on any atom is -0.496 e. The number of ether oxygens (including phenoxy) is 1. The van der Waals surface area contributed by atoms with Crippen molar-refractivity contribution in [3.05, 3.63) is 41.0 Å². The summed E-state index contributed by atoms with van der Waals surface area (Å²) in [5.41, 5.74) is 3.17. The Morgan fingerprint density at radius 1 is 1.28 bits per heavy atom. The molecule has 0 amide bonds. The number of benzene rings is 1. The topological polar surface area (TPSA) is 26.3 Å². The molecule has 1 aromatic rings. The molecule has 1 rings (SSSR count). The van der Waals surface area contributed by atoms with E-state index in [-0.39, 0.29) is 11.2 Å². The van der Waals surface area contributed by atoms with Gasteiger partial charge in [-0.25, -0.2) is 0 Å². The number of ketones is 1. The van der Waals surface area contributed by atoms with Crippen LogP contribution in [0, 0.1) is 6.92 Å². The summed E-state index contributed by atoms with van der Waals surface area (Å²) < 4.78 is 5.41. The van der Waals surface area contributed by atoms with Gasteiger partial charge in [0.25, 0.3) is 0 Å². The summed E-state index contributed by atoms with van der Waals surface area (Å²) in [6.45, 7) is 13.7. The average molecular weight is 246 g/mol. The highest BCUT2D eigenvalue weighted by molar-refractivity contribution is 6.09. The fourth-order valence-corrected chi connectivity index (χ4v) is 1.91. The van der Waals surface area contributed by atoms with E-state index in [0.717, 1.165) is 16.9 Å². The number of carbonyl (C=O) groups excluding carboxylic acids is 1. The van der Waals surface area contributed by atoms with Crippen LogP contribution in [-0.4, -0.2) is 12.9 Å². The lowest BCUT2D eigenvalue weighted by molar-refractivity contribution is 0.103. The van der Waals surface area contributed by atoms with Gasteiger partial charge in [-0.05, 0) is 42.5 Å². The Morgan fingerprint density at radius 3 is 2.22 bits per heavy atom. The van der Waals surface area contributed by atoms with Crippen LogP contribution >= 0.6 is 0 Å². The molecule has 0 spiro atoms. The van der Waals surface area contributed by atoms with Gasteiger partial charge in [-0.3, -0.25) is 4.79 Å². The lowest BCUT2D eigenvalue weighted by atomic mass is 9.83. The molecule has 2 nitrogen and oxygen atoms in total. The van der Waals surface area contributed by atoms with Gasteiger partial charge in [-0.15, -0.1) is 0 Å². The molecule has 1 aromatic carbocycles. The van der Waals surface area contributed by atoms with Gasteiger partial charge in [0.2, 0.25) is 0 Å². The second kappa shape index (κ2) is 4.97. The largest absolute Gasteiger partial charge is 0.496 e. The van der Waals surface area contributed by atoms with Crippen LogP contribution in [0.1, 0.15) is 49.2 Å². The van der Waals surface area contributed by atoms with Gasteiger partial charge in [0.15, 0.2) is 5.78 Å². The molecule has 0 saturated carbocycles. The Morgan fingerprint density at radius 2 is 1.83 bits per heavy atom. The van der Waals surface area contributed by atoms with Crippen molar-refractivity contribution in [1.82, 2.24) is 0 Å². The van der Waals surface area contributed by atoms with Gasteiger partial charge in [-0.2, -0.15) is 0 Å². The van der Waals surface area contributed by atoms with E-state index < -0.39 is 0 Å². The number of Topliss-reactive ketones (excluding diaryl/α,β-unsaturated/α-hetero) is 1. The Bertz CT molecular complexity index is 491. The fraction of sp³-hybridized carbons (Fsp3) is 0.438. The average Bonchev–Trinajstić information content (AvgIpc) is 2.25. The van der Waals surface area contributed by atoms with Crippen molar-refractivity contribution in [3.63, 3.8) is 0 Å². The Kier molecular flexibility index (Phi) is 4.00. The Hall–Kier alpha value is -1.57. The van der Waals surface area contributed by atoms with E-state index in [9.17, 15) is 4.79 Å². The van der Waals surface area contributed by atoms with E-state index in [1.54, 1.807) is 14.0 Å². The predicted molar refractivity (Wildman–Crippen MR) is 75.6 cm³/mol. The summed E-state index contributed by atoms with van der Waals surface area (Å²) in [6.07, 6.45) is 0. The first-order valence-corrected chi connectivity index (χ1v) is 6.07. The zero-order chi connectivity index (χ0) is 14.1. The summed E-state index contributed by atoms with van der Waals surface area (Å²) in [5.74, 6) is 0.832. The monoisotopic (exact) mass is 246 g/mol. The maximum absolute atomic E-state index is 12.1. The Labute approximate surface area is 110 Å². The third-order valence-corrected chi connectivity index (χ3v) is 2.99. The van der Waals surface area contributed by atoms with Gasteiger partial charge in [0.05, 0.1) is 7.11 Å². The van der Waals surface area contributed by atoms with E-state index in [4.69, 9.17) is 4.74 Å². The third-order valence-electron chi connectivity index (χ3n) is 2.99. The van der Waals surface area contributed by atoms with Crippen LogP contribution in [0.4, 0.5) is 0 Å².